The van der Waals surface area contributed by atoms with Crippen LogP contribution >= 0.6 is 23.1 Å². The minimum absolute atomic E-state index is 0.129. The molecule has 124 valence electrons. The monoisotopic (exact) mass is 364 g/mol. The Morgan fingerprint density at radius 1 is 1.39 bits per heavy atom. The molecule has 0 saturated carbocycles. The van der Waals surface area contributed by atoms with Crippen LogP contribution in [-0.4, -0.2) is 28.2 Å². The molecular formula is C13H12ClF3N4OS. The molecule has 0 spiro atoms. The number of carbonyl (C=O) groups is 1. The van der Waals surface area contributed by atoms with Crippen LogP contribution in [0.2, 0.25) is 4.34 Å². The highest BCUT2D eigenvalue weighted by Crippen LogP contribution is 2.21. The van der Waals surface area contributed by atoms with E-state index in [1.807, 2.05) is 5.32 Å². The second-order valence-electron chi connectivity index (χ2n) is 4.67. The van der Waals surface area contributed by atoms with Crippen molar-refractivity contribution in [1.29, 1.82) is 0 Å². The molecule has 0 fully saturated rings. The second-order valence-corrected chi connectivity index (χ2v) is 6.03. The third-order valence-electron chi connectivity index (χ3n) is 2.90. The largest absolute Gasteiger partial charge is 0.405 e. The number of alkyl halides is 3. The summed E-state index contributed by atoms with van der Waals surface area (Å²) in [7, 11) is 0. The van der Waals surface area contributed by atoms with Crippen molar-refractivity contribution in [2.45, 2.75) is 19.6 Å². The average Bonchev–Trinajstić information content (AvgIpc) is 2.88. The molecule has 0 atom stereocenters. The van der Waals surface area contributed by atoms with Gasteiger partial charge in [0.05, 0.1) is 6.54 Å². The Morgan fingerprint density at radius 3 is 2.74 bits per heavy atom. The van der Waals surface area contributed by atoms with Crippen molar-refractivity contribution in [2.24, 2.45) is 0 Å². The number of aryl methyl sites for hydroxylation is 1. The number of rotatable bonds is 5. The van der Waals surface area contributed by atoms with Crippen LogP contribution in [0.4, 0.5) is 18.9 Å². The number of aromatic nitrogens is 2. The molecule has 1 aromatic carbocycles. The van der Waals surface area contributed by atoms with Gasteiger partial charge in [-0.2, -0.15) is 13.2 Å². The summed E-state index contributed by atoms with van der Waals surface area (Å²) in [6, 6.07) is 4.59. The van der Waals surface area contributed by atoms with E-state index < -0.39 is 18.6 Å². The van der Waals surface area contributed by atoms with Gasteiger partial charge < -0.3 is 10.6 Å². The number of anilines is 1. The molecule has 0 aliphatic carbocycles. The predicted molar refractivity (Wildman–Crippen MR) is 81.8 cm³/mol. The van der Waals surface area contributed by atoms with E-state index >= 15 is 0 Å². The fraction of sp³-hybridized carbons (Fsp3) is 0.308. The minimum atomic E-state index is -4.45. The van der Waals surface area contributed by atoms with Crippen LogP contribution in [0, 0.1) is 6.92 Å². The van der Waals surface area contributed by atoms with Gasteiger partial charge in [0.25, 0.3) is 5.91 Å². The fourth-order valence-corrected chi connectivity index (χ4v) is 2.34. The molecule has 1 amide bonds. The SMILES string of the molecule is Cc1ccc(C(=O)NCC(F)(F)F)cc1NCc1nnsc1Cl. The number of halogens is 4. The first-order valence-electron chi connectivity index (χ1n) is 6.42. The molecule has 0 aliphatic heterocycles. The van der Waals surface area contributed by atoms with Gasteiger partial charge in [0.2, 0.25) is 0 Å². The first-order valence-corrected chi connectivity index (χ1v) is 7.57. The molecule has 10 heteroatoms. The topological polar surface area (TPSA) is 66.9 Å². The van der Waals surface area contributed by atoms with Crippen molar-refractivity contribution >= 4 is 34.7 Å². The summed E-state index contributed by atoms with van der Waals surface area (Å²) in [4.78, 5) is 11.8. The van der Waals surface area contributed by atoms with Crippen LogP contribution < -0.4 is 10.6 Å². The van der Waals surface area contributed by atoms with Crippen molar-refractivity contribution in [3.8, 4) is 0 Å². The lowest BCUT2D eigenvalue weighted by Gasteiger charge is -2.12. The normalized spacial score (nSPS) is 11.3. The van der Waals surface area contributed by atoms with E-state index in [1.165, 1.54) is 12.1 Å². The maximum absolute atomic E-state index is 12.1. The lowest BCUT2D eigenvalue weighted by atomic mass is 10.1. The smallest absolute Gasteiger partial charge is 0.379 e. The van der Waals surface area contributed by atoms with E-state index in [9.17, 15) is 18.0 Å². The molecule has 23 heavy (non-hydrogen) atoms. The number of carbonyl (C=O) groups excluding carboxylic acids is 1. The molecular weight excluding hydrogens is 353 g/mol. The quantitative estimate of drug-likeness (QED) is 0.853. The first kappa shape index (κ1) is 17.5. The van der Waals surface area contributed by atoms with Gasteiger partial charge in [-0.15, -0.1) is 5.10 Å². The van der Waals surface area contributed by atoms with Crippen LogP contribution in [0.1, 0.15) is 21.6 Å². The number of hydrogen-bond donors (Lipinski definition) is 2. The van der Waals surface area contributed by atoms with Crippen LogP contribution in [-0.2, 0) is 6.54 Å². The summed E-state index contributed by atoms with van der Waals surface area (Å²) in [5.74, 6) is -0.793. The van der Waals surface area contributed by atoms with E-state index in [4.69, 9.17) is 11.6 Å². The highest BCUT2D eigenvalue weighted by Gasteiger charge is 2.27. The van der Waals surface area contributed by atoms with Gasteiger partial charge in [-0.25, -0.2) is 0 Å². The Kier molecular flexibility index (Phi) is 5.42. The molecule has 2 aromatic rings. The van der Waals surface area contributed by atoms with Crippen LogP contribution in [0.25, 0.3) is 0 Å². The van der Waals surface area contributed by atoms with Gasteiger partial charge in [0.1, 0.15) is 16.6 Å². The first-order chi connectivity index (χ1) is 10.8. The Hall–Kier alpha value is -1.87. The van der Waals surface area contributed by atoms with Crippen LogP contribution in [0.3, 0.4) is 0 Å². The number of nitrogens with zero attached hydrogens (tertiary/aromatic N) is 2. The van der Waals surface area contributed by atoms with Crippen LogP contribution in [0.5, 0.6) is 0 Å². The van der Waals surface area contributed by atoms with E-state index in [0.29, 0.717) is 22.3 Å². The average molecular weight is 365 g/mol. The van der Waals surface area contributed by atoms with E-state index in [1.54, 1.807) is 13.0 Å². The highest BCUT2D eigenvalue weighted by molar-refractivity contribution is 7.10. The van der Waals surface area contributed by atoms with Gasteiger partial charge in [0, 0.05) is 22.8 Å². The number of nitrogens with one attached hydrogen (secondary N) is 2. The van der Waals surface area contributed by atoms with Crippen molar-refractivity contribution in [1.82, 2.24) is 14.9 Å². The maximum atomic E-state index is 12.1. The van der Waals surface area contributed by atoms with Crippen molar-refractivity contribution in [3.05, 3.63) is 39.4 Å². The summed E-state index contributed by atoms with van der Waals surface area (Å²) < 4.78 is 40.6. The highest BCUT2D eigenvalue weighted by atomic mass is 35.5. The summed E-state index contributed by atoms with van der Waals surface area (Å²) >= 11 is 6.95. The second kappa shape index (κ2) is 7.14. The van der Waals surface area contributed by atoms with Crippen molar-refractivity contribution in [2.75, 3.05) is 11.9 Å². The maximum Gasteiger partial charge on any atom is 0.405 e. The molecule has 1 aromatic heterocycles. The minimum Gasteiger partial charge on any atom is -0.379 e. The zero-order valence-corrected chi connectivity index (χ0v) is 13.4. The standard InChI is InChI=1S/C13H12ClF3N4OS/c1-7-2-3-8(12(22)19-6-13(15,16)17)4-9(7)18-5-10-11(14)23-21-20-10/h2-4,18H,5-6H2,1H3,(H,19,22). The molecule has 2 N–H and O–H groups in total. The summed E-state index contributed by atoms with van der Waals surface area (Å²) in [6.45, 7) is 0.729. The van der Waals surface area contributed by atoms with Gasteiger partial charge in [0.15, 0.2) is 0 Å². The molecule has 0 bridgehead atoms. The van der Waals surface area contributed by atoms with E-state index in [2.05, 4.69) is 14.9 Å². The molecule has 0 radical (unpaired) electrons. The molecule has 5 nitrogen and oxygen atoms in total. The Bertz CT molecular complexity index is 705. The zero-order chi connectivity index (χ0) is 17.0. The number of benzene rings is 1. The van der Waals surface area contributed by atoms with Crippen LogP contribution in [0.15, 0.2) is 18.2 Å². The predicted octanol–water partition coefficient (Wildman–Crippen LogP) is 3.40. The van der Waals surface area contributed by atoms with Gasteiger partial charge in [-0.3, -0.25) is 4.79 Å². The zero-order valence-electron chi connectivity index (χ0n) is 11.9. The third kappa shape index (κ3) is 5.07. The number of amides is 1. The van der Waals surface area contributed by atoms with Gasteiger partial charge in [-0.1, -0.05) is 22.2 Å². The van der Waals surface area contributed by atoms with Gasteiger partial charge >= 0.3 is 6.18 Å². The summed E-state index contributed by atoms with van der Waals surface area (Å²) in [5.41, 5.74) is 2.12. The van der Waals surface area contributed by atoms with E-state index in [-0.39, 0.29) is 5.56 Å². The molecule has 2 rings (SSSR count). The number of hydrogen-bond acceptors (Lipinski definition) is 5. The lowest BCUT2D eigenvalue weighted by molar-refractivity contribution is -0.123. The van der Waals surface area contributed by atoms with E-state index in [0.717, 1.165) is 17.1 Å². The Balaban J connectivity index is 2.06. The summed E-state index contributed by atoms with van der Waals surface area (Å²) in [5, 5.41) is 8.72. The van der Waals surface area contributed by atoms with Crippen molar-refractivity contribution in [3.63, 3.8) is 0 Å². The Labute approximate surface area is 139 Å². The third-order valence-corrected chi connectivity index (χ3v) is 3.89. The molecule has 1 heterocycles. The molecule has 0 saturated heterocycles. The lowest BCUT2D eigenvalue weighted by Crippen LogP contribution is -2.33. The molecule has 0 unspecified atom stereocenters. The van der Waals surface area contributed by atoms with Crippen molar-refractivity contribution < 1.29 is 18.0 Å². The molecule has 0 aliphatic rings. The summed E-state index contributed by atoms with van der Waals surface area (Å²) in [6.07, 6.45) is -4.45. The Morgan fingerprint density at radius 2 is 2.13 bits per heavy atom. The fourth-order valence-electron chi connectivity index (χ4n) is 1.72. The van der Waals surface area contributed by atoms with Gasteiger partial charge in [-0.05, 0) is 24.6 Å².